The molecular weight excluding hydrogens is 324 g/mol. The Kier molecular flexibility index (Phi) is 4.66. The minimum atomic E-state index is -1.83. The molecule has 2 unspecified atom stereocenters. The van der Waals surface area contributed by atoms with Gasteiger partial charge in [-0.1, -0.05) is 65.5 Å². The monoisotopic (exact) mass is 364 g/mol. The number of aliphatic hydroxyl groups is 1. The summed E-state index contributed by atoms with van der Waals surface area (Å²) in [4.78, 5) is 0. The van der Waals surface area contributed by atoms with Gasteiger partial charge in [-0.15, -0.1) is 0 Å². The minimum Gasteiger partial charge on any atom is -0.413 e. The van der Waals surface area contributed by atoms with E-state index in [1.807, 2.05) is 0 Å². The Morgan fingerprint density at radius 1 is 1.24 bits per heavy atom. The second-order valence-corrected chi connectivity index (χ2v) is 15.4. The second-order valence-electron chi connectivity index (χ2n) is 10.7. The summed E-state index contributed by atoms with van der Waals surface area (Å²) in [7, 11) is -1.83. The number of aliphatic hydroxyl groups excluding tert-OH is 1. The van der Waals surface area contributed by atoms with Gasteiger partial charge in [0.1, 0.15) is 0 Å². The van der Waals surface area contributed by atoms with Crippen molar-refractivity contribution in [1.82, 2.24) is 0 Å². The van der Waals surface area contributed by atoms with Crippen LogP contribution in [0.15, 0.2) is 12.2 Å². The summed E-state index contributed by atoms with van der Waals surface area (Å²) >= 11 is 0. The average Bonchev–Trinajstić information content (AvgIpc) is 2.92. The molecule has 0 saturated heterocycles. The molecule has 4 saturated carbocycles. The van der Waals surface area contributed by atoms with Crippen LogP contribution in [0.3, 0.4) is 0 Å². The van der Waals surface area contributed by atoms with E-state index < -0.39 is 8.32 Å². The quantitative estimate of drug-likeness (QED) is 0.458. The molecule has 4 aliphatic rings. The first-order valence-corrected chi connectivity index (χ1v) is 13.4. The zero-order valence-corrected chi connectivity index (χ0v) is 18.5. The lowest BCUT2D eigenvalue weighted by molar-refractivity contribution is -0.167. The molecule has 3 heteroatoms. The van der Waals surface area contributed by atoms with E-state index >= 15 is 0 Å². The van der Waals surface area contributed by atoms with Crippen LogP contribution in [-0.2, 0) is 4.43 Å². The van der Waals surface area contributed by atoms with Crippen molar-refractivity contribution in [2.75, 3.05) is 6.61 Å². The van der Waals surface area contributed by atoms with Crippen molar-refractivity contribution < 1.29 is 9.53 Å². The van der Waals surface area contributed by atoms with E-state index in [1.165, 1.54) is 50.5 Å². The maximum atomic E-state index is 10.6. The van der Waals surface area contributed by atoms with Gasteiger partial charge >= 0.3 is 0 Å². The molecule has 2 nitrogen and oxygen atoms in total. The fraction of sp³-hybridized carbons (Fsp3) is 0.909. The van der Waals surface area contributed by atoms with Crippen molar-refractivity contribution in [2.24, 2.45) is 16.2 Å². The van der Waals surface area contributed by atoms with Crippen LogP contribution in [0.4, 0.5) is 0 Å². The smallest absolute Gasteiger partial charge is 0.192 e. The minimum absolute atomic E-state index is 0.0531. The lowest BCUT2D eigenvalue weighted by Gasteiger charge is -2.69. The molecule has 1 N–H and O–H groups in total. The first-order chi connectivity index (χ1) is 11.5. The Hall–Kier alpha value is -0.123. The summed E-state index contributed by atoms with van der Waals surface area (Å²) in [5.74, 6) is 0. The first-order valence-electron chi connectivity index (χ1n) is 10.5. The Balaban J connectivity index is 1.99. The van der Waals surface area contributed by atoms with Crippen LogP contribution in [0, 0.1) is 16.2 Å². The van der Waals surface area contributed by atoms with Crippen molar-refractivity contribution in [3.63, 3.8) is 0 Å². The van der Waals surface area contributed by atoms with Gasteiger partial charge in [-0.05, 0) is 43.8 Å². The Morgan fingerprint density at radius 3 is 2.44 bits per heavy atom. The highest BCUT2D eigenvalue weighted by molar-refractivity contribution is 6.74. The number of unbranched alkanes of at least 4 members (excludes halogenated alkanes) is 1. The van der Waals surface area contributed by atoms with Gasteiger partial charge < -0.3 is 9.53 Å². The van der Waals surface area contributed by atoms with Gasteiger partial charge in [0.25, 0.3) is 0 Å². The summed E-state index contributed by atoms with van der Waals surface area (Å²) < 4.78 is 7.05. The maximum absolute atomic E-state index is 10.6. The van der Waals surface area contributed by atoms with Crippen LogP contribution in [0.2, 0.25) is 18.1 Å². The van der Waals surface area contributed by atoms with Crippen LogP contribution in [0.25, 0.3) is 0 Å². The standard InChI is InChI=1S/C22H40O2Si/c1-8-9-12-20-15-18(24-25(6,7)19(3,4)5)22(17(20)2)14-11-10-13-21(20,22)16-23/h18,23H,2,8-16H2,1,3-7H3/t18-,20?,21+,22?/m0/s1. The van der Waals surface area contributed by atoms with E-state index in [-0.39, 0.29) is 27.4 Å². The molecule has 0 aromatic heterocycles. The molecule has 0 amide bonds. The highest BCUT2D eigenvalue weighted by atomic mass is 28.4. The largest absolute Gasteiger partial charge is 0.413 e. The SMILES string of the molecule is C=C1C2(CCCC)C[C@H](O[Si](C)(C)C(C)(C)C)C13CCCC[C@@]23CO. The molecule has 0 radical (unpaired) electrons. The molecule has 4 fully saturated rings. The third-order valence-corrected chi connectivity index (χ3v) is 13.4. The topological polar surface area (TPSA) is 29.5 Å². The molecule has 0 aliphatic heterocycles. The fourth-order valence-electron chi connectivity index (χ4n) is 6.54. The summed E-state index contributed by atoms with van der Waals surface area (Å²) in [5, 5.41) is 10.8. The van der Waals surface area contributed by atoms with Gasteiger partial charge in [-0.3, -0.25) is 0 Å². The van der Waals surface area contributed by atoms with Gasteiger partial charge in [0.05, 0.1) is 12.7 Å². The summed E-state index contributed by atoms with van der Waals surface area (Å²) in [5.41, 5.74) is 1.71. The fourth-order valence-corrected chi connectivity index (χ4v) is 7.89. The van der Waals surface area contributed by atoms with Crippen molar-refractivity contribution >= 4 is 8.32 Å². The predicted molar refractivity (Wildman–Crippen MR) is 108 cm³/mol. The third-order valence-electron chi connectivity index (χ3n) is 8.86. The highest BCUT2D eigenvalue weighted by Gasteiger charge is 2.83. The molecular formula is C22H40O2Si. The van der Waals surface area contributed by atoms with Gasteiger partial charge in [0.15, 0.2) is 8.32 Å². The Labute approximate surface area is 156 Å². The highest BCUT2D eigenvalue weighted by Crippen LogP contribution is 2.86. The van der Waals surface area contributed by atoms with Crippen LogP contribution in [0.5, 0.6) is 0 Å². The van der Waals surface area contributed by atoms with Crippen LogP contribution in [-0.4, -0.2) is 26.1 Å². The lowest BCUT2D eigenvalue weighted by Crippen LogP contribution is -2.67. The molecule has 144 valence electrons. The van der Waals surface area contributed by atoms with E-state index in [4.69, 9.17) is 4.43 Å². The van der Waals surface area contributed by atoms with E-state index in [0.29, 0.717) is 6.61 Å². The first kappa shape index (κ1) is 19.6. The van der Waals surface area contributed by atoms with Crippen molar-refractivity contribution in [3.05, 3.63) is 12.2 Å². The van der Waals surface area contributed by atoms with Gasteiger partial charge in [0.2, 0.25) is 0 Å². The number of rotatable bonds is 6. The zero-order chi connectivity index (χ0) is 18.7. The van der Waals surface area contributed by atoms with E-state index in [1.54, 1.807) is 0 Å². The van der Waals surface area contributed by atoms with E-state index in [2.05, 4.69) is 47.4 Å². The molecule has 0 heterocycles. The summed E-state index contributed by atoms with van der Waals surface area (Å²) in [6, 6.07) is 0. The molecule has 4 rings (SSSR count). The molecule has 1 spiro atoms. The number of fused-ring (bicyclic) bond motifs is 1. The van der Waals surface area contributed by atoms with Gasteiger partial charge in [0, 0.05) is 16.2 Å². The van der Waals surface area contributed by atoms with Crippen molar-refractivity contribution in [2.45, 2.75) is 103 Å². The van der Waals surface area contributed by atoms with E-state index in [0.717, 1.165) is 6.42 Å². The van der Waals surface area contributed by atoms with Crippen molar-refractivity contribution in [1.29, 1.82) is 0 Å². The average molecular weight is 365 g/mol. The molecule has 0 aromatic rings. The van der Waals surface area contributed by atoms with E-state index in [9.17, 15) is 5.11 Å². The van der Waals surface area contributed by atoms with Crippen LogP contribution in [0.1, 0.15) is 79.1 Å². The van der Waals surface area contributed by atoms with Gasteiger partial charge in [-0.2, -0.15) is 0 Å². The third kappa shape index (κ3) is 2.21. The van der Waals surface area contributed by atoms with Crippen LogP contribution >= 0.6 is 0 Å². The second kappa shape index (κ2) is 5.94. The zero-order valence-electron chi connectivity index (χ0n) is 17.5. The molecule has 4 aliphatic carbocycles. The van der Waals surface area contributed by atoms with Crippen LogP contribution < -0.4 is 0 Å². The summed E-state index contributed by atoms with van der Waals surface area (Å²) in [6.45, 7) is 19.0. The molecule has 25 heavy (non-hydrogen) atoms. The molecule has 2 bridgehead atoms. The molecule has 4 atom stereocenters. The number of hydrogen-bond donors (Lipinski definition) is 1. The Bertz CT molecular complexity index is 549. The molecule has 0 aromatic carbocycles. The summed E-state index contributed by atoms with van der Waals surface area (Å²) in [6.07, 6.45) is 9.92. The van der Waals surface area contributed by atoms with Gasteiger partial charge in [-0.25, -0.2) is 0 Å². The lowest BCUT2D eigenvalue weighted by atomic mass is 9.34. The Morgan fingerprint density at radius 2 is 1.88 bits per heavy atom. The van der Waals surface area contributed by atoms with Crippen molar-refractivity contribution in [3.8, 4) is 0 Å². The predicted octanol–water partition coefficient (Wildman–Crippen LogP) is 6.07. The maximum Gasteiger partial charge on any atom is 0.192 e. The number of hydrogen-bond acceptors (Lipinski definition) is 2. The normalized spacial score (nSPS) is 40.8.